The van der Waals surface area contributed by atoms with Crippen LogP contribution in [-0.2, 0) is 23.8 Å². The molecule has 6 nitrogen and oxygen atoms in total. The van der Waals surface area contributed by atoms with Crippen LogP contribution in [0.25, 0.3) is 0 Å². The predicted octanol–water partition coefficient (Wildman–Crippen LogP) is 11.8. The first kappa shape index (κ1) is 45.4. The number of unbranched alkanes of at least 4 members (excludes halogenated alkanes) is 22. The van der Waals surface area contributed by atoms with Crippen molar-refractivity contribution in [3.8, 4) is 0 Å². The standard InChI is InChI=1S/C43H79NO5/c1-3-5-7-9-11-13-15-17-19-21-23-25-27-29-31-33-42(45)48-40-41(39-44-35-37-47-38-36-44)49-43(46)34-32-30-28-26-24-22-20-18-16-14-12-10-8-6-4-2/h17-20,41H,3-16,21-40H2,1-2H3/b19-17-,20-18-. The second kappa shape index (κ2) is 36.1. The number of ether oxygens (including phenoxy) is 3. The summed E-state index contributed by atoms with van der Waals surface area (Å²) < 4.78 is 16.9. The molecule has 0 bridgehead atoms. The van der Waals surface area contributed by atoms with Gasteiger partial charge >= 0.3 is 11.9 Å². The molecule has 1 heterocycles. The molecule has 1 atom stereocenters. The van der Waals surface area contributed by atoms with E-state index in [0.29, 0.717) is 32.6 Å². The number of carbonyl (C=O) groups excluding carboxylic acids is 2. The fourth-order valence-corrected chi connectivity index (χ4v) is 6.38. The average Bonchev–Trinajstić information content (AvgIpc) is 3.11. The molecule has 1 saturated heterocycles. The number of morpholine rings is 1. The van der Waals surface area contributed by atoms with Gasteiger partial charge in [0, 0.05) is 32.5 Å². The highest BCUT2D eigenvalue weighted by Crippen LogP contribution is 2.13. The highest BCUT2D eigenvalue weighted by Gasteiger charge is 2.22. The summed E-state index contributed by atoms with van der Waals surface area (Å²) in [5.74, 6) is -0.359. The summed E-state index contributed by atoms with van der Waals surface area (Å²) in [4.78, 5) is 27.4. The van der Waals surface area contributed by atoms with Crippen LogP contribution in [-0.4, -0.2) is 62.4 Å². The zero-order chi connectivity index (χ0) is 35.3. The maximum atomic E-state index is 12.7. The van der Waals surface area contributed by atoms with Crippen LogP contribution in [0.5, 0.6) is 0 Å². The molecular weight excluding hydrogens is 610 g/mol. The molecule has 1 rings (SSSR count). The molecule has 0 radical (unpaired) electrons. The summed E-state index contributed by atoms with van der Waals surface area (Å²) >= 11 is 0. The Morgan fingerprint density at radius 1 is 0.551 bits per heavy atom. The van der Waals surface area contributed by atoms with Gasteiger partial charge < -0.3 is 14.2 Å². The zero-order valence-corrected chi connectivity index (χ0v) is 32.4. The third-order valence-electron chi connectivity index (χ3n) is 9.58. The molecule has 1 aliphatic heterocycles. The fraction of sp³-hybridized carbons (Fsp3) is 0.860. The summed E-state index contributed by atoms with van der Waals surface area (Å²) in [5.41, 5.74) is 0. The molecule has 1 fully saturated rings. The molecule has 1 unspecified atom stereocenters. The van der Waals surface area contributed by atoms with Gasteiger partial charge in [0.25, 0.3) is 0 Å². The predicted molar refractivity (Wildman–Crippen MR) is 207 cm³/mol. The van der Waals surface area contributed by atoms with Gasteiger partial charge in [0.05, 0.1) is 13.2 Å². The van der Waals surface area contributed by atoms with Crippen LogP contribution >= 0.6 is 0 Å². The van der Waals surface area contributed by atoms with Crippen molar-refractivity contribution in [3.63, 3.8) is 0 Å². The molecule has 49 heavy (non-hydrogen) atoms. The first-order valence-corrected chi connectivity index (χ1v) is 21.1. The van der Waals surface area contributed by atoms with Crippen molar-refractivity contribution in [3.05, 3.63) is 24.3 Å². The van der Waals surface area contributed by atoms with Crippen LogP contribution in [0.4, 0.5) is 0 Å². The third-order valence-corrected chi connectivity index (χ3v) is 9.58. The second-order valence-electron chi connectivity index (χ2n) is 14.4. The quantitative estimate of drug-likeness (QED) is 0.0375. The number of carbonyl (C=O) groups is 2. The van der Waals surface area contributed by atoms with Crippen molar-refractivity contribution in [2.24, 2.45) is 0 Å². The minimum atomic E-state index is -0.424. The van der Waals surface area contributed by atoms with Crippen LogP contribution in [0.3, 0.4) is 0 Å². The Balaban J connectivity index is 2.11. The van der Waals surface area contributed by atoms with Gasteiger partial charge in [0.15, 0.2) is 0 Å². The topological polar surface area (TPSA) is 65.1 Å². The van der Waals surface area contributed by atoms with Crippen LogP contribution in [0, 0.1) is 0 Å². The van der Waals surface area contributed by atoms with Gasteiger partial charge in [-0.15, -0.1) is 0 Å². The Hall–Kier alpha value is -1.66. The molecule has 0 aromatic heterocycles. The zero-order valence-electron chi connectivity index (χ0n) is 32.4. The molecule has 1 aliphatic rings. The summed E-state index contributed by atoms with van der Waals surface area (Å²) in [6.45, 7) is 8.25. The van der Waals surface area contributed by atoms with Crippen molar-refractivity contribution >= 4 is 11.9 Å². The minimum Gasteiger partial charge on any atom is -0.462 e. The van der Waals surface area contributed by atoms with Crippen LogP contribution in [0.15, 0.2) is 24.3 Å². The number of nitrogens with zero attached hydrogens (tertiary/aromatic N) is 1. The maximum absolute atomic E-state index is 12.7. The number of esters is 2. The Kier molecular flexibility index (Phi) is 33.5. The second-order valence-corrected chi connectivity index (χ2v) is 14.4. The van der Waals surface area contributed by atoms with Crippen LogP contribution < -0.4 is 0 Å². The molecule has 0 N–H and O–H groups in total. The number of hydrogen-bond donors (Lipinski definition) is 0. The molecular formula is C43H79NO5. The van der Waals surface area contributed by atoms with Crippen LogP contribution in [0.1, 0.15) is 194 Å². The molecule has 286 valence electrons. The molecule has 0 spiro atoms. The van der Waals surface area contributed by atoms with Crippen molar-refractivity contribution in [1.82, 2.24) is 4.90 Å². The van der Waals surface area contributed by atoms with Gasteiger partial charge in [-0.3, -0.25) is 14.5 Å². The van der Waals surface area contributed by atoms with Crippen molar-refractivity contribution in [2.75, 3.05) is 39.5 Å². The van der Waals surface area contributed by atoms with Crippen LogP contribution in [0.2, 0.25) is 0 Å². The lowest BCUT2D eigenvalue weighted by atomic mass is 10.1. The number of hydrogen-bond acceptors (Lipinski definition) is 6. The Morgan fingerprint density at radius 3 is 1.39 bits per heavy atom. The SMILES string of the molecule is CCCCCCCC/C=C\CCCCCCCC(=O)OCC(CN1CCOCC1)OC(=O)CCCCCCC/C=C\CCCCCCCC. The van der Waals surface area contributed by atoms with E-state index in [1.807, 2.05) is 0 Å². The fourth-order valence-electron chi connectivity index (χ4n) is 6.38. The van der Waals surface area contributed by atoms with Gasteiger partial charge in [-0.2, -0.15) is 0 Å². The molecule has 0 aliphatic carbocycles. The highest BCUT2D eigenvalue weighted by molar-refractivity contribution is 5.70. The number of rotatable bonds is 35. The normalized spacial score (nSPS) is 14.6. The monoisotopic (exact) mass is 690 g/mol. The highest BCUT2D eigenvalue weighted by atomic mass is 16.6. The lowest BCUT2D eigenvalue weighted by Gasteiger charge is -2.30. The van der Waals surface area contributed by atoms with E-state index in [9.17, 15) is 9.59 Å². The van der Waals surface area contributed by atoms with Crippen molar-refractivity contribution in [1.29, 1.82) is 0 Å². The summed E-state index contributed by atoms with van der Waals surface area (Å²) in [6, 6.07) is 0. The van der Waals surface area contributed by atoms with E-state index in [1.54, 1.807) is 0 Å². The van der Waals surface area contributed by atoms with Gasteiger partial charge in [0.2, 0.25) is 0 Å². The first-order valence-electron chi connectivity index (χ1n) is 21.1. The Bertz CT molecular complexity index is 791. The Labute approximate surface area is 303 Å². The van der Waals surface area contributed by atoms with Gasteiger partial charge in [0.1, 0.15) is 12.7 Å². The molecule has 0 saturated carbocycles. The van der Waals surface area contributed by atoms with E-state index in [0.717, 1.165) is 58.0 Å². The number of allylic oxidation sites excluding steroid dienone is 4. The lowest BCUT2D eigenvalue weighted by molar-refractivity contribution is -0.161. The average molecular weight is 690 g/mol. The smallest absolute Gasteiger partial charge is 0.306 e. The van der Waals surface area contributed by atoms with E-state index >= 15 is 0 Å². The molecule has 0 amide bonds. The molecule has 0 aromatic rings. The van der Waals surface area contributed by atoms with Gasteiger partial charge in [-0.1, -0.05) is 141 Å². The third kappa shape index (κ3) is 32.0. The van der Waals surface area contributed by atoms with Crippen molar-refractivity contribution in [2.45, 2.75) is 200 Å². The summed E-state index contributed by atoms with van der Waals surface area (Å²) in [7, 11) is 0. The van der Waals surface area contributed by atoms with E-state index < -0.39 is 6.10 Å². The first-order chi connectivity index (χ1) is 24.2. The largest absolute Gasteiger partial charge is 0.462 e. The van der Waals surface area contributed by atoms with E-state index in [-0.39, 0.29) is 18.5 Å². The minimum absolute atomic E-state index is 0.138. The summed E-state index contributed by atoms with van der Waals surface area (Å²) in [5, 5.41) is 0. The van der Waals surface area contributed by atoms with Crippen molar-refractivity contribution < 1.29 is 23.8 Å². The summed E-state index contributed by atoms with van der Waals surface area (Å²) in [6.07, 6.45) is 42.0. The lowest BCUT2D eigenvalue weighted by Crippen LogP contribution is -2.43. The Morgan fingerprint density at radius 2 is 0.939 bits per heavy atom. The van der Waals surface area contributed by atoms with E-state index in [1.165, 1.54) is 122 Å². The van der Waals surface area contributed by atoms with E-state index in [4.69, 9.17) is 14.2 Å². The maximum Gasteiger partial charge on any atom is 0.306 e. The van der Waals surface area contributed by atoms with E-state index in [2.05, 4.69) is 43.1 Å². The van der Waals surface area contributed by atoms with Gasteiger partial charge in [-0.05, 0) is 64.2 Å². The molecule has 6 heteroatoms. The van der Waals surface area contributed by atoms with Gasteiger partial charge in [-0.25, -0.2) is 0 Å². The molecule has 0 aromatic carbocycles.